The Bertz CT molecular complexity index is 347. The molecule has 0 saturated heterocycles. The first-order valence-electron chi connectivity index (χ1n) is 6.53. The van der Waals surface area contributed by atoms with Gasteiger partial charge in [-0.1, -0.05) is 13.8 Å². The normalized spacial score (nSPS) is 13.0. The molecule has 0 aliphatic rings. The summed E-state index contributed by atoms with van der Waals surface area (Å²) in [6, 6.07) is 0.609. The van der Waals surface area contributed by atoms with Gasteiger partial charge < -0.3 is 5.32 Å². The molecule has 0 amide bonds. The van der Waals surface area contributed by atoms with Crippen LogP contribution in [-0.4, -0.2) is 22.4 Å². The Morgan fingerprint density at radius 3 is 2.65 bits per heavy atom. The van der Waals surface area contributed by atoms with E-state index < -0.39 is 0 Å². The van der Waals surface area contributed by atoms with Crippen LogP contribution in [0.15, 0.2) is 4.47 Å². The van der Waals surface area contributed by atoms with E-state index in [0.717, 1.165) is 19.4 Å². The molecule has 0 aliphatic carbocycles. The average molecular weight is 302 g/mol. The Labute approximate surface area is 113 Å². The van der Waals surface area contributed by atoms with Crippen molar-refractivity contribution in [2.24, 2.45) is 7.05 Å². The molecule has 1 N–H and O–H groups in total. The number of aromatic nitrogens is 2. The third kappa shape index (κ3) is 4.11. The maximum Gasteiger partial charge on any atom is 0.0766 e. The zero-order chi connectivity index (χ0) is 12.8. The fraction of sp³-hybridized carbons (Fsp3) is 0.769. The molecule has 1 atom stereocenters. The highest BCUT2D eigenvalue weighted by Gasteiger charge is 2.12. The molecule has 1 heterocycles. The molecule has 0 bridgehead atoms. The lowest BCUT2D eigenvalue weighted by Gasteiger charge is -2.11. The first-order valence-corrected chi connectivity index (χ1v) is 7.33. The average Bonchev–Trinajstić information content (AvgIpc) is 2.56. The molecule has 98 valence electrons. The van der Waals surface area contributed by atoms with E-state index >= 15 is 0 Å². The van der Waals surface area contributed by atoms with Gasteiger partial charge in [-0.3, -0.25) is 4.68 Å². The summed E-state index contributed by atoms with van der Waals surface area (Å²) >= 11 is 3.66. The first-order chi connectivity index (χ1) is 8.10. The molecule has 0 fully saturated rings. The van der Waals surface area contributed by atoms with Gasteiger partial charge in [0, 0.05) is 13.1 Å². The van der Waals surface area contributed by atoms with E-state index in [1.807, 2.05) is 11.7 Å². The van der Waals surface area contributed by atoms with Crippen molar-refractivity contribution >= 4 is 15.9 Å². The van der Waals surface area contributed by atoms with Crippen LogP contribution in [0.4, 0.5) is 0 Å². The van der Waals surface area contributed by atoms with Gasteiger partial charge in [-0.25, -0.2) is 0 Å². The van der Waals surface area contributed by atoms with Gasteiger partial charge in [0.25, 0.3) is 0 Å². The number of rotatable bonds is 7. The van der Waals surface area contributed by atoms with E-state index in [1.54, 1.807) is 0 Å². The summed E-state index contributed by atoms with van der Waals surface area (Å²) in [7, 11) is 2.03. The Balaban J connectivity index is 2.49. The van der Waals surface area contributed by atoms with Crippen molar-refractivity contribution < 1.29 is 0 Å². The van der Waals surface area contributed by atoms with Crippen LogP contribution in [0.25, 0.3) is 0 Å². The van der Waals surface area contributed by atoms with E-state index in [-0.39, 0.29) is 0 Å². The van der Waals surface area contributed by atoms with Crippen LogP contribution in [0.1, 0.15) is 45.0 Å². The second-order valence-electron chi connectivity index (χ2n) is 4.54. The van der Waals surface area contributed by atoms with Crippen molar-refractivity contribution in [2.75, 3.05) is 6.54 Å². The highest BCUT2D eigenvalue weighted by molar-refractivity contribution is 9.10. The molecule has 0 aromatic carbocycles. The molecule has 3 nitrogen and oxygen atoms in total. The predicted octanol–water partition coefficient (Wildman–Crippen LogP) is 3.07. The topological polar surface area (TPSA) is 29.9 Å². The number of hydrogen-bond acceptors (Lipinski definition) is 2. The van der Waals surface area contributed by atoms with Crippen molar-refractivity contribution in [3.05, 3.63) is 15.9 Å². The summed E-state index contributed by atoms with van der Waals surface area (Å²) in [5.74, 6) is 0. The van der Waals surface area contributed by atoms with Gasteiger partial charge in [0.15, 0.2) is 0 Å². The summed E-state index contributed by atoms with van der Waals surface area (Å²) in [6.45, 7) is 7.60. The van der Waals surface area contributed by atoms with Crippen LogP contribution in [0, 0.1) is 0 Å². The smallest absolute Gasteiger partial charge is 0.0766 e. The second kappa shape index (κ2) is 7.17. The van der Waals surface area contributed by atoms with Crippen molar-refractivity contribution in [2.45, 2.75) is 52.5 Å². The molecule has 4 heteroatoms. The minimum Gasteiger partial charge on any atom is -0.315 e. The van der Waals surface area contributed by atoms with E-state index in [2.05, 4.69) is 47.1 Å². The van der Waals surface area contributed by atoms with Gasteiger partial charge in [0.1, 0.15) is 0 Å². The largest absolute Gasteiger partial charge is 0.315 e. The Kier molecular flexibility index (Phi) is 6.20. The third-order valence-electron chi connectivity index (χ3n) is 3.11. The zero-order valence-electron chi connectivity index (χ0n) is 11.4. The van der Waals surface area contributed by atoms with Gasteiger partial charge in [0.05, 0.1) is 15.9 Å². The Hall–Kier alpha value is -0.350. The van der Waals surface area contributed by atoms with E-state index in [1.165, 1.54) is 28.7 Å². The van der Waals surface area contributed by atoms with Gasteiger partial charge in [-0.2, -0.15) is 5.10 Å². The lowest BCUT2D eigenvalue weighted by Crippen LogP contribution is -2.25. The Morgan fingerprint density at radius 2 is 2.12 bits per heavy atom. The minimum absolute atomic E-state index is 0.609. The van der Waals surface area contributed by atoms with Crippen LogP contribution < -0.4 is 5.32 Å². The number of nitrogens with one attached hydrogen (secondary N) is 1. The van der Waals surface area contributed by atoms with Crippen LogP contribution >= 0.6 is 15.9 Å². The number of nitrogens with zero attached hydrogens (tertiary/aromatic N) is 2. The lowest BCUT2D eigenvalue weighted by atomic mass is 10.1. The van der Waals surface area contributed by atoms with Gasteiger partial charge in [-0.15, -0.1) is 0 Å². The van der Waals surface area contributed by atoms with Crippen molar-refractivity contribution in [3.63, 3.8) is 0 Å². The predicted molar refractivity (Wildman–Crippen MR) is 76.4 cm³/mol. The summed E-state index contributed by atoms with van der Waals surface area (Å²) in [4.78, 5) is 0. The van der Waals surface area contributed by atoms with Crippen LogP contribution in [0.5, 0.6) is 0 Å². The van der Waals surface area contributed by atoms with Crippen molar-refractivity contribution in [1.82, 2.24) is 15.1 Å². The first kappa shape index (κ1) is 14.7. The van der Waals surface area contributed by atoms with E-state index in [0.29, 0.717) is 6.04 Å². The minimum atomic E-state index is 0.609. The number of halogens is 1. The lowest BCUT2D eigenvalue weighted by molar-refractivity contribution is 0.507. The molecule has 0 aliphatic heterocycles. The van der Waals surface area contributed by atoms with E-state index in [4.69, 9.17) is 0 Å². The van der Waals surface area contributed by atoms with E-state index in [9.17, 15) is 0 Å². The molecule has 1 unspecified atom stereocenters. The molecule has 17 heavy (non-hydrogen) atoms. The fourth-order valence-electron chi connectivity index (χ4n) is 2.12. The van der Waals surface area contributed by atoms with Gasteiger partial charge >= 0.3 is 0 Å². The standard InChI is InChI=1S/C13H24BrN3/c1-5-11-13(14)12(17(4)16-11)9-7-8-10(3)15-6-2/h10,15H,5-9H2,1-4H3. The summed E-state index contributed by atoms with van der Waals surface area (Å²) < 4.78 is 3.22. The fourth-order valence-corrected chi connectivity index (χ4v) is 2.93. The highest BCUT2D eigenvalue weighted by Crippen LogP contribution is 2.23. The molecular formula is C13H24BrN3. The third-order valence-corrected chi connectivity index (χ3v) is 4.02. The molecule has 1 aromatic heterocycles. The summed E-state index contributed by atoms with van der Waals surface area (Å²) in [5.41, 5.74) is 2.49. The second-order valence-corrected chi connectivity index (χ2v) is 5.33. The maximum absolute atomic E-state index is 4.52. The molecule has 1 rings (SSSR count). The van der Waals surface area contributed by atoms with Gasteiger partial charge in [-0.05, 0) is 55.1 Å². The molecular weight excluding hydrogens is 278 g/mol. The van der Waals surface area contributed by atoms with Gasteiger partial charge in [0.2, 0.25) is 0 Å². The van der Waals surface area contributed by atoms with Crippen molar-refractivity contribution in [1.29, 1.82) is 0 Å². The molecule has 0 spiro atoms. The SMILES string of the molecule is CCNC(C)CCCc1c(Br)c(CC)nn1C. The summed E-state index contributed by atoms with van der Waals surface area (Å²) in [6.07, 6.45) is 4.50. The summed E-state index contributed by atoms with van der Waals surface area (Å²) in [5, 5.41) is 7.96. The molecule has 0 radical (unpaired) electrons. The van der Waals surface area contributed by atoms with Crippen LogP contribution in [-0.2, 0) is 19.9 Å². The molecule has 0 saturated carbocycles. The maximum atomic E-state index is 4.52. The zero-order valence-corrected chi connectivity index (χ0v) is 13.0. The monoisotopic (exact) mass is 301 g/mol. The Morgan fingerprint density at radius 1 is 1.41 bits per heavy atom. The number of hydrogen-bond donors (Lipinski definition) is 1. The van der Waals surface area contributed by atoms with Crippen LogP contribution in [0.3, 0.4) is 0 Å². The molecule has 1 aromatic rings. The number of aryl methyl sites for hydroxylation is 2. The quantitative estimate of drug-likeness (QED) is 0.839. The van der Waals surface area contributed by atoms with Crippen LogP contribution in [0.2, 0.25) is 0 Å². The highest BCUT2D eigenvalue weighted by atomic mass is 79.9. The van der Waals surface area contributed by atoms with Crippen molar-refractivity contribution in [3.8, 4) is 0 Å².